The number of aromatic nitrogens is 2. The maximum atomic E-state index is 5.74. The summed E-state index contributed by atoms with van der Waals surface area (Å²) in [6, 6.07) is 7.20. The van der Waals surface area contributed by atoms with E-state index in [-0.39, 0.29) is 0 Å². The molecule has 0 saturated heterocycles. The van der Waals surface area contributed by atoms with Crippen molar-refractivity contribution in [2.45, 2.75) is 39.3 Å². The number of hydrogen-bond acceptors (Lipinski definition) is 4. The second-order valence-corrected chi connectivity index (χ2v) is 5.40. The highest BCUT2D eigenvalue weighted by molar-refractivity contribution is 5.37. The van der Waals surface area contributed by atoms with Gasteiger partial charge in [0.15, 0.2) is 0 Å². The molecule has 0 spiro atoms. The van der Waals surface area contributed by atoms with Crippen LogP contribution in [0.25, 0.3) is 0 Å². The average molecular weight is 269 g/mol. The molecule has 1 saturated carbocycles. The number of hydrogen-bond donors (Lipinski definition) is 1. The molecular formula is C16H19N3O. The Balaban J connectivity index is 1.66. The van der Waals surface area contributed by atoms with E-state index < -0.39 is 0 Å². The van der Waals surface area contributed by atoms with Gasteiger partial charge in [0.1, 0.15) is 5.75 Å². The molecule has 1 N–H and O–H groups in total. The Morgan fingerprint density at radius 2 is 1.95 bits per heavy atom. The van der Waals surface area contributed by atoms with Crippen LogP contribution in [0.1, 0.15) is 29.5 Å². The van der Waals surface area contributed by atoms with Crippen LogP contribution in [-0.2, 0) is 6.54 Å². The van der Waals surface area contributed by atoms with E-state index in [2.05, 4.69) is 21.4 Å². The molecule has 1 heterocycles. The lowest BCUT2D eigenvalue weighted by Crippen LogP contribution is -2.15. The van der Waals surface area contributed by atoms with Crippen LogP contribution in [0.15, 0.2) is 30.6 Å². The quantitative estimate of drug-likeness (QED) is 0.906. The molecule has 0 radical (unpaired) electrons. The Bertz CT molecular complexity index is 591. The standard InChI is InChI=1S/C16H19N3O/c1-11-3-4-12(2)15(7-11)20-16-18-9-13(10-19-16)8-17-14-5-6-14/h3-4,7,9-10,14,17H,5-6,8H2,1-2H3. The van der Waals surface area contributed by atoms with Crippen LogP contribution >= 0.6 is 0 Å². The normalized spacial score (nSPS) is 14.3. The first-order valence-electron chi connectivity index (χ1n) is 7.00. The average Bonchev–Trinajstić information content (AvgIpc) is 3.26. The Morgan fingerprint density at radius 3 is 2.65 bits per heavy atom. The van der Waals surface area contributed by atoms with E-state index in [1.165, 1.54) is 12.8 Å². The van der Waals surface area contributed by atoms with Gasteiger partial charge < -0.3 is 10.1 Å². The Morgan fingerprint density at radius 1 is 1.20 bits per heavy atom. The zero-order valence-electron chi connectivity index (χ0n) is 11.9. The first-order valence-corrected chi connectivity index (χ1v) is 7.00. The number of rotatable bonds is 5. The molecule has 1 aromatic carbocycles. The van der Waals surface area contributed by atoms with Gasteiger partial charge >= 0.3 is 6.01 Å². The van der Waals surface area contributed by atoms with Gasteiger partial charge in [-0.25, -0.2) is 9.97 Å². The zero-order valence-corrected chi connectivity index (χ0v) is 11.9. The van der Waals surface area contributed by atoms with E-state index >= 15 is 0 Å². The first-order chi connectivity index (χ1) is 9.70. The molecule has 104 valence electrons. The van der Waals surface area contributed by atoms with E-state index in [1.807, 2.05) is 38.4 Å². The first kappa shape index (κ1) is 13.1. The van der Waals surface area contributed by atoms with Crippen LogP contribution in [-0.4, -0.2) is 16.0 Å². The number of benzene rings is 1. The fourth-order valence-corrected chi connectivity index (χ4v) is 1.95. The largest absolute Gasteiger partial charge is 0.424 e. The summed E-state index contributed by atoms with van der Waals surface area (Å²) in [4.78, 5) is 8.54. The molecule has 0 bridgehead atoms. The van der Waals surface area contributed by atoms with Crippen LogP contribution in [0, 0.1) is 13.8 Å². The maximum Gasteiger partial charge on any atom is 0.321 e. The monoisotopic (exact) mass is 269 g/mol. The van der Waals surface area contributed by atoms with Gasteiger partial charge in [0.05, 0.1) is 0 Å². The van der Waals surface area contributed by atoms with Crippen LogP contribution < -0.4 is 10.1 Å². The van der Waals surface area contributed by atoms with E-state index in [0.29, 0.717) is 12.1 Å². The SMILES string of the molecule is Cc1ccc(C)c(Oc2ncc(CNC3CC3)cn2)c1. The molecular weight excluding hydrogens is 250 g/mol. The minimum Gasteiger partial charge on any atom is -0.424 e. The van der Waals surface area contributed by atoms with Crippen LogP contribution in [0.5, 0.6) is 11.8 Å². The van der Waals surface area contributed by atoms with E-state index in [0.717, 1.165) is 29.0 Å². The van der Waals surface area contributed by atoms with Gasteiger partial charge in [-0.15, -0.1) is 0 Å². The summed E-state index contributed by atoms with van der Waals surface area (Å²) in [7, 11) is 0. The molecule has 3 rings (SSSR count). The summed E-state index contributed by atoms with van der Waals surface area (Å²) in [6.45, 7) is 4.89. The lowest BCUT2D eigenvalue weighted by molar-refractivity contribution is 0.437. The van der Waals surface area contributed by atoms with Crippen molar-refractivity contribution < 1.29 is 4.74 Å². The molecule has 1 aromatic heterocycles. The summed E-state index contributed by atoms with van der Waals surface area (Å²) in [5.41, 5.74) is 3.33. The van der Waals surface area contributed by atoms with Gasteiger partial charge in [-0.05, 0) is 43.9 Å². The Kier molecular flexibility index (Phi) is 3.65. The third kappa shape index (κ3) is 3.33. The minimum absolute atomic E-state index is 0.397. The van der Waals surface area contributed by atoms with Crippen molar-refractivity contribution in [1.82, 2.24) is 15.3 Å². The molecule has 4 heteroatoms. The number of nitrogens with zero attached hydrogens (tertiary/aromatic N) is 2. The Labute approximate surface area is 119 Å². The molecule has 2 aromatic rings. The van der Waals surface area contributed by atoms with Gasteiger partial charge in [0.2, 0.25) is 0 Å². The molecule has 1 fully saturated rings. The highest BCUT2D eigenvalue weighted by atomic mass is 16.5. The third-order valence-electron chi connectivity index (χ3n) is 3.40. The van der Waals surface area contributed by atoms with Gasteiger partial charge in [0, 0.05) is 30.5 Å². The molecule has 0 amide bonds. The molecule has 20 heavy (non-hydrogen) atoms. The van der Waals surface area contributed by atoms with Gasteiger partial charge in [-0.1, -0.05) is 12.1 Å². The van der Waals surface area contributed by atoms with Gasteiger partial charge in [-0.2, -0.15) is 0 Å². The topological polar surface area (TPSA) is 47.0 Å². The van der Waals surface area contributed by atoms with Crippen molar-refractivity contribution in [3.05, 3.63) is 47.3 Å². The highest BCUT2D eigenvalue weighted by Gasteiger charge is 2.19. The smallest absolute Gasteiger partial charge is 0.321 e. The van der Waals surface area contributed by atoms with Crippen LogP contribution in [0.2, 0.25) is 0 Å². The lowest BCUT2D eigenvalue weighted by Gasteiger charge is -2.08. The predicted molar refractivity (Wildman–Crippen MR) is 77.9 cm³/mol. The molecule has 0 unspecified atom stereocenters. The summed E-state index contributed by atoms with van der Waals surface area (Å²) >= 11 is 0. The fourth-order valence-electron chi connectivity index (χ4n) is 1.95. The minimum atomic E-state index is 0.397. The summed E-state index contributed by atoms with van der Waals surface area (Å²) in [5, 5.41) is 3.44. The van der Waals surface area contributed by atoms with Crippen molar-refractivity contribution in [2.75, 3.05) is 0 Å². The lowest BCUT2D eigenvalue weighted by atomic mass is 10.1. The maximum absolute atomic E-state index is 5.74. The molecule has 1 aliphatic rings. The van der Waals surface area contributed by atoms with Gasteiger partial charge in [0.25, 0.3) is 0 Å². The predicted octanol–water partition coefficient (Wildman–Crippen LogP) is 3.14. The number of aryl methyl sites for hydroxylation is 2. The van der Waals surface area contributed by atoms with E-state index in [4.69, 9.17) is 4.74 Å². The molecule has 0 atom stereocenters. The zero-order chi connectivity index (χ0) is 13.9. The molecule has 0 aliphatic heterocycles. The van der Waals surface area contributed by atoms with Crippen molar-refractivity contribution in [3.8, 4) is 11.8 Å². The van der Waals surface area contributed by atoms with Crippen LogP contribution in [0.3, 0.4) is 0 Å². The molecule has 1 aliphatic carbocycles. The number of ether oxygens (including phenoxy) is 1. The second kappa shape index (κ2) is 5.59. The van der Waals surface area contributed by atoms with Crippen molar-refractivity contribution in [2.24, 2.45) is 0 Å². The van der Waals surface area contributed by atoms with Crippen molar-refractivity contribution in [1.29, 1.82) is 0 Å². The van der Waals surface area contributed by atoms with Gasteiger partial charge in [-0.3, -0.25) is 0 Å². The third-order valence-corrected chi connectivity index (χ3v) is 3.40. The number of nitrogens with one attached hydrogen (secondary N) is 1. The van der Waals surface area contributed by atoms with E-state index in [9.17, 15) is 0 Å². The molecule has 4 nitrogen and oxygen atoms in total. The van der Waals surface area contributed by atoms with Crippen LogP contribution in [0.4, 0.5) is 0 Å². The summed E-state index contributed by atoms with van der Waals surface area (Å²) in [5.74, 6) is 0.814. The van der Waals surface area contributed by atoms with Crippen molar-refractivity contribution in [3.63, 3.8) is 0 Å². The Hall–Kier alpha value is -1.94. The fraction of sp³-hybridized carbons (Fsp3) is 0.375. The van der Waals surface area contributed by atoms with E-state index in [1.54, 1.807) is 0 Å². The van der Waals surface area contributed by atoms with Crippen molar-refractivity contribution >= 4 is 0 Å². The second-order valence-electron chi connectivity index (χ2n) is 5.40. The summed E-state index contributed by atoms with van der Waals surface area (Å²) < 4.78 is 5.74. The summed E-state index contributed by atoms with van der Waals surface area (Å²) in [6.07, 6.45) is 6.22. The highest BCUT2D eigenvalue weighted by Crippen LogP contribution is 2.23.